The first-order chi connectivity index (χ1) is 12.6. The van der Waals surface area contributed by atoms with Crippen molar-refractivity contribution in [3.63, 3.8) is 0 Å². The monoisotopic (exact) mass is 354 g/mol. The maximum atomic E-state index is 13.2. The third-order valence-electron chi connectivity index (χ3n) is 4.54. The average Bonchev–Trinajstić information content (AvgIpc) is 2.62. The SMILES string of the molecule is O=C(CCc1cccc(F)c1)Nc1cccc(CN2CCCCC2=O)c1. The Labute approximate surface area is 153 Å². The maximum Gasteiger partial charge on any atom is 0.224 e. The van der Waals surface area contributed by atoms with E-state index in [1.54, 1.807) is 6.07 Å². The Hall–Kier alpha value is -2.69. The van der Waals surface area contributed by atoms with E-state index in [1.807, 2.05) is 35.2 Å². The van der Waals surface area contributed by atoms with E-state index in [2.05, 4.69) is 5.32 Å². The van der Waals surface area contributed by atoms with Crippen LogP contribution in [0.4, 0.5) is 10.1 Å². The molecule has 2 amide bonds. The Bertz CT molecular complexity index is 791. The van der Waals surface area contributed by atoms with Crippen LogP contribution in [0, 0.1) is 5.82 Å². The number of amides is 2. The first-order valence-corrected chi connectivity index (χ1v) is 9.01. The normalized spacial score (nSPS) is 14.3. The Morgan fingerprint density at radius 3 is 2.69 bits per heavy atom. The van der Waals surface area contributed by atoms with Gasteiger partial charge in [-0.2, -0.15) is 0 Å². The summed E-state index contributed by atoms with van der Waals surface area (Å²) in [5.74, 6) is -0.205. The number of likely N-dealkylation sites (tertiary alicyclic amines) is 1. The highest BCUT2D eigenvalue weighted by atomic mass is 19.1. The molecule has 4 nitrogen and oxygen atoms in total. The van der Waals surface area contributed by atoms with Crippen molar-refractivity contribution in [2.45, 2.75) is 38.6 Å². The van der Waals surface area contributed by atoms with Gasteiger partial charge < -0.3 is 10.2 Å². The quantitative estimate of drug-likeness (QED) is 0.855. The predicted octanol–water partition coefficient (Wildman–Crippen LogP) is 3.91. The fourth-order valence-corrected chi connectivity index (χ4v) is 3.17. The van der Waals surface area contributed by atoms with Crippen molar-refractivity contribution >= 4 is 17.5 Å². The zero-order valence-corrected chi connectivity index (χ0v) is 14.7. The van der Waals surface area contributed by atoms with Gasteiger partial charge >= 0.3 is 0 Å². The second kappa shape index (κ2) is 8.61. The van der Waals surface area contributed by atoms with Gasteiger partial charge in [-0.25, -0.2) is 4.39 Å². The van der Waals surface area contributed by atoms with E-state index in [9.17, 15) is 14.0 Å². The number of hydrogen-bond acceptors (Lipinski definition) is 2. The Kier molecular flexibility index (Phi) is 6.00. The van der Waals surface area contributed by atoms with Gasteiger partial charge in [0, 0.05) is 31.6 Å². The number of nitrogens with one attached hydrogen (secondary N) is 1. The molecule has 0 spiro atoms. The summed E-state index contributed by atoms with van der Waals surface area (Å²) in [4.78, 5) is 26.0. The number of carbonyl (C=O) groups is 2. The second-order valence-corrected chi connectivity index (χ2v) is 6.65. The average molecular weight is 354 g/mol. The standard InChI is InChI=1S/C21H23FN2O2/c22-18-7-3-5-16(13-18)10-11-20(25)23-19-8-4-6-17(14-19)15-24-12-2-1-9-21(24)26/h3-8,13-14H,1-2,9-12,15H2,(H,23,25). The lowest BCUT2D eigenvalue weighted by Crippen LogP contribution is -2.34. The number of nitrogens with zero attached hydrogens (tertiary/aromatic N) is 1. The molecule has 0 radical (unpaired) electrons. The van der Waals surface area contributed by atoms with Crippen LogP contribution in [0.25, 0.3) is 0 Å². The minimum Gasteiger partial charge on any atom is -0.338 e. The molecule has 0 aliphatic carbocycles. The Morgan fingerprint density at radius 1 is 1.08 bits per heavy atom. The number of anilines is 1. The van der Waals surface area contributed by atoms with E-state index >= 15 is 0 Å². The molecule has 0 unspecified atom stereocenters. The van der Waals surface area contributed by atoms with Crippen molar-refractivity contribution in [1.82, 2.24) is 4.90 Å². The van der Waals surface area contributed by atoms with Crippen LogP contribution in [0.2, 0.25) is 0 Å². The first kappa shape index (κ1) is 18.1. The lowest BCUT2D eigenvalue weighted by molar-refractivity contribution is -0.133. The molecule has 1 N–H and O–H groups in total. The molecule has 136 valence electrons. The molecule has 0 saturated carbocycles. The highest BCUT2D eigenvalue weighted by Crippen LogP contribution is 2.17. The molecule has 1 aliphatic heterocycles. The predicted molar refractivity (Wildman–Crippen MR) is 99.1 cm³/mol. The van der Waals surface area contributed by atoms with E-state index in [0.29, 0.717) is 19.4 Å². The van der Waals surface area contributed by atoms with E-state index in [4.69, 9.17) is 0 Å². The summed E-state index contributed by atoms with van der Waals surface area (Å²) in [6, 6.07) is 13.9. The highest BCUT2D eigenvalue weighted by Gasteiger charge is 2.18. The van der Waals surface area contributed by atoms with Gasteiger partial charge in [-0.1, -0.05) is 24.3 Å². The van der Waals surface area contributed by atoms with Crippen molar-refractivity contribution in [3.8, 4) is 0 Å². The summed E-state index contributed by atoms with van der Waals surface area (Å²) < 4.78 is 13.2. The zero-order chi connectivity index (χ0) is 18.4. The van der Waals surface area contributed by atoms with Gasteiger partial charge in [-0.15, -0.1) is 0 Å². The van der Waals surface area contributed by atoms with Gasteiger partial charge in [-0.05, 0) is 54.7 Å². The molecular formula is C21H23FN2O2. The zero-order valence-electron chi connectivity index (χ0n) is 14.7. The van der Waals surface area contributed by atoms with Gasteiger partial charge in [0.25, 0.3) is 0 Å². The summed E-state index contributed by atoms with van der Waals surface area (Å²) in [5.41, 5.74) is 2.52. The molecule has 1 saturated heterocycles. The van der Waals surface area contributed by atoms with Gasteiger partial charge in [0.05, 0.1) is 0 Å². The Morgan fingerprint density at radius 2 is 1.88 bits per heavy atom. The van der Waals surface area contributed by atoms with E-state index < -0.39 is 0 Å². The summed E-state index contributed by atoms with van der Waals surface area (Å²) in [6.45, 7) is 1.37. The van der Waals surface area contributed by atoms with Crippen molar-refractivity contribution in [3.05, 3.63) is 65.5 Å². The Balaban J connectivity index is 1.54. The molecule has 2 aromatic carbocycles. The van der Waals surface area contributed by atoms with Crippen LogP contribution in [0.5, 0.6) is 0 Å². The molecule has 26 heavy (non-hydrogen) atoms. The summed E-state index contributed by atoms with van der Waals surface area (Å²) >= 11 is 0. The number of carbonyl (C=O) groups excluding carboxylic acids is 2. The lowest BCUT2D eigenvalue weighted by atomic mass is 10.1. The third kappa shape index (κ3) is 5.15. The third-order valence-corrected chi connectivity index (χ3v) is 4.54. The van der Waals surface area contributed by atoms with Crippen LogP contribution < -0.4 is 5.32 Å². The number of hydrogen-bond donors (Lipinski definition) is 1. The molecular weight excluding hydrogens is 331 g/mol. The van der Waals surface area contributed by atoms with Gasteiger partial charge in [0.1, 0.15) is 5.82 Å². The minimum absolute atomic E-state index is 0.111. The fraction of sp³-hybridized carbons (Fsp3) is 0.333. The van der Waals surface area contributed by atoms with Gasteiger partial charge in [0.2, 0.25) is 11.8 Å². The highest BCUT2D eigenvalue weighted by molar-refractivity contribution is 5.90. The van der Waals surface area contributed by atoms with E-state index in [0.717, 1.165) is 36.2 Å². The second-order valence-electron chi connectivity index (χ2n) is 6.65. The van der Waals surface area contributed by atoms with Crippen molar-refractivity contribution in [2.24, 2.45) is 0 Å². The van der Waals surface area contributed by atoms with E-state index in [1.165, 1.54) is 12.1 Å². The van der Waals surface area contributed by atoms with Crippen molar-refractivity contribution in [2.75, 3.05) is 11.9 Å². The molecule has 1 fully saturated rings. The van der Waals surface area contributed by atoms with Gasteiger partial charge in [0.15, 0.2) is 0 Å². The molecule has 5 heteroatoms. The molecule has 3 rings (SSSR count). The first-order valence-electron chi connectivity index (χ1n) is 9.01. The molecule has 0 aromatic heterocycles. The molecule has 1 aliphatic rings. The topological polar surface area (TPSA) is 49.4 Å². The summed E-state index contributed by atoms with van der Waals surface area (Å²) in [7, 11) is 0. The van der Waals surface area contributed by atoms with Crippen LogP contribution in [-0.4, -0.2) is 23.3 Å². The summed E-state index contributed by atoms with van der Waals surface area (Å²) in [6.07, 6.45) is 3.42. The number of halogens is 1. The number of piperidine rings is 1. The lowest BCUT2D eigenvalue weighted by Gasteiger charge is -2.26. The van der Waals surface area contributed by atoms with Crippen LogP contribution in [0.15, 0.2) is 48.5 Å². The number of benzene rings is 2. The molecule has 2 aromatic rings. The molecule has 0 atom stereocenters. The summed E-state index contributed by atoms with van der Waals surface area (Å²) in [5, 5.41) is 2.88. The van der Waals surface area contributed by atoms with Crippen LogP contribution in [0.3, 0.4) is 0 Å². The van der Waals surface area contributed by atoms with Gasteiger partial charge in [-0.3, -0.25) is 9.59 Å². The van der Waals surface area contributed by atoms with Crippen molar-refractivity contribution < 1.29 is 14.0 Å². The van der Waals surface area contributed by atoms with E-state index in [-0.39, 0.29) is 24.1 Å². The fourth-order valence-electron chi connectivity index (χ4n) is 3.17. The number of rotatable bonds is 6. The largest absolute Gasteiger partial charge is 0.338 e. The smallest absolute Gasteiger partial charge is 0.224 e. The van der Waals surface area contributed by atoms with Crippen molar-refractivity contribution in [1.29, 1.82) is 0 Å². The van der Waals surface area contributed by atoms with Crippen LogP contribution in [0.1, 0.15) is 36.8 Å². The van der Waals surface area contributed by atoms with Crippen LogP contribution >= 0.6 is 0 Å². The molecule has 0 bridgehead atoms. The molecule has 1 heterocycles. The maximum absolute atomic E-state index is 13.2. The minimum atomic E-state index is -0.289. The van der Waals surface area contributed by atoms with Crippen LogP contribution in [-0.2, 0) is 22.6 Å². The number of aryl methyl sites for hydroxylation is 1.